The fraction of sp³-hybridized carbons (Fsp3) is 0.391. The molecule has 184 valence electrons. The van der Waals surface area contributed by atoms with Crippen LogP contribution in [0.2, 0.25) is 10.0 Å². The zero-order chi connectivity index (χ0) is 25.0. The van der Waals surface area contributed by atoms with Gasteiger partial charge in [-0.2, -0.15) is 0 Å². The van der Waals surface area contributed by atoms with Crippen LogP contribution in [0.15, 0.2) is 48.5 Å². The van der Waals surface area contributed by atoms with Crippen molar-refractivity contribution in [2.45, 2.75) is 44.1 Å². The van der Waals surface area contributed by atoms with Gasteiger partial charge in [-0.15, -0.1) is 0 Å². The number of carbonyl (C=O) groups excluding carboxylic acids is 2. The van der Waals surface area contributed by atoms with Crippen molar-refractivity contribution in [3.8, 4) is 0 Å². The van der Waals surface area contributed by atoms with Gasteiger partial charge in [0.05, 0.1) is 25.3 Å². The van der Waals surface area contributed by atoms with Crippen molar-refractivity contribution in [2.24, 2.45) is 0 Å². The second-order valence-corrected chi connectivity index (χ2v) is 11.6. The maximum atomic E-state index is 13.7. The fourth-order valence-corrected chi connectivity index (χ4v) is 5.72. The number of hydrogen-bond acceptors (Lipinski definition) is 6. The summed E-state index contributed by atoms with van der Waals surface area (Å²) in [6.45, 7) is 1.76. The first-order chi connectivity index (χ1) is 16.0. The number of benzene rings is 2. The molecule has 3 rings (SSSR count). The second-order valence-electron chi connectivity index (χ2n) is 7.89. The molecule has 1 fully saturated rings. The maximum absolute atomic E-state index is 13.7. The van der Waals surface area contributed by atoms with Gasteiger partial charge in [-0.3, -0.25) is 9.59 Å². The quantitative estimate of drug-likeness (QED) is 0.344. The summed E-state index contributed by atoms with van der Waals surface area (Å²) in [7, 11) is 2.86. The lowest BCUT2D eigenvalue weighted by Crippen LogP contribution is -2.56. The van der Waals surface area contributed by atoms with Crippen LogP contribution in [0.1, 0.15) is 43.0 Å². The van der Waals surface area contributed by atoms with E-state index in [9.17, 15) is 18.0 Å². The lowest BCUT2D eigenvalue weighted by atomic mass is 9.89. The van der Waals surface area contributed by atoms with Crippen molar-refractivity contribution in [3.63, 3.8) is 0 Å². The maximum Gasteiger partial charge on any atom is 0.308 e. The summed E-state index contributed by atoms with van der Waals surface area (Å²) in [4.78, 5) is 27.2. The van der Waals surface area contributed by atoms with E-state index in [1.165, 1.54) is 12.0 Å². The average molecular weight is 549 g/mol. The van der Waals surface area contributed by atoms with E-state index in [2.05, 4.69) is 0 Å². The summed E-state index contributed by atoms with van der Waals surface area (Å²) < 4.78 is 35.0. The number of hydrogen-bond donors (Lipinski definition) is 0. The van der Waals surface area contributed by atoms with E-state index >= 15 is 0 Å². The highest BCUT2D eigenvalue weighted by molar-refractivity contribution is 8.13. The lowest BCUT2D eigenvalue weighted by molar-refractivity contribution is -0.183. The Labute approximate surface area is 213 Å². The van der Waals surface area contributed by atoms with E-state index in [-0.39, 0.29) is 6.42 Å². The van der Waals surface area contributed by atoms with Crippen molar-refractivity contribution in [1.82, 2.24) is 4.90 Å². The molecular formula is C23H24Cl3NO6S. The van der Waals surface area contributed by atoms with Gasteiger partial charge < -0.3 is 14.4 Å². The van der Waals surface area contributed by atoms with Crippen molar-refractivity contribution < 1.29 is 27.5 Å². The smallest absolute Gasteiger partial charge is 0.308 e. The zero-order valence-electron chi connectivity index (χ0n) is 18.5. The summed E-state index contributed by atoms with van der Waals surface area (Å²) in [5.74, 6) is -1.63. The van der Waals surface area contributed by atoms with Gasteiger partial charge in [-0.05, 0) is 41.8 Å². The molecule has 2 unspecified atom stereocenters. The van der Waals surface area contributed by atoms with Crippen LogP contribution in [0.25, 0.3) is 0 Å². The van der Waals surface area contributed by atoms with Crippen molar-refractivity contribution in [2.75, 3.05) is 12.9 Å². The molecule has 1 aliphatic heterocycles. The molecule has 0 aliphatic carbocycles. The lowest BCUT2D eigenvalue weighted by Gasteiger charge is -2.47. The van der Waals surface area contributed by atoms with Crippen LogP contribution < -0.4 is 0 Å². The van der Waals surface area contributed by atoms with E-state index in [0.717, 1.165) is 0 Å². The predicted octanol–water partition coefficient (Wildman–Crippen LogP) is 4.91. The molecule has 1 aliphatic rings. The Morgan fingerprint density at radius 2 is 1.79 bits per heavy atom. The number of rotatable bonds is 8. The first-order valence-electron chi connectivity index (χ1n) is 10.5. The van der Waals surface area contributed by atoms with Crippen LogP contribution in [0.3, 0.4) is 0 Å². The number of morpholine rings is 1. The van der Waals surface area contributed by atoms with Crippen LogP contribution in [-0.2, 0) is 28.1 Å². The zero-order valence-corrected chi connectivity index (χ0v) is 21.6. The van der Waals surface area contributed by atoms with Gasteiger partial charge in [0.1, 0.15) is 12.2 Å². The Balaban J connectivity index is 2.20. The van der Waals surface area contributed by atoms with E-state index < -0.39 is 51.0 Å². The molecule has 0 N–H and O–H groups in total. The van der Waals surface area contributed by atoms with Crippen molar-refractivity contribution in [3.05, 3.63) is 69.7 Å². The SMILES string of the molecule is CCC(CS(=O)(=O)Cl)N1C(=O)[C@@H](CC(=O)OC)O[C@H](c2cccc(Cl)c2)C1c1ccc(Cl)cc1. The number of amides is 1. The monoisotopic (exact) mass is 547 g/mol. The number of esters is 1. The Morgan fingerprint density at radius 1 is 1.12 bits per heavy atom. The molecule has 1 saturated heterocycles. The van der Waals surface area contributed by atoms with Gasteiger partial charge in [-0.25, -0.2) is 8.42 Å². The molecule has 1 amide bonds. The van der Waals surface area contributed by atoms with Crippen molar-refractivity contribution >= 4 is 54.8 Å². The number of halogens is 3. The summed E-state index contributed by atoms with van der Waals surface area (Å²) in [6.07, 6.45) is -1.98. The fourth-order valence-electron chi connectivity index (χ4n) is 4.10. The van der Waals surface area contributed by atoms with Gasteiger partial charge >= 0.3 is 5.97 Å². The molecule has 1 heterocycles. The van der Waals surface area contributed by atoms with E-state index in [1.54, 1.807) is 55.5 Å². The molecule has 0 radical (unpaired) electrons. The van der Waals surface area contributed by atoms with Crippen molar-refractivity contribution in [1.29, 1.82) is 0 Å². The summed E-state index contributed by atoms with van der Waals surface area (Å²) in [5.41, 5.74) is 1.33. The van der Waals surface area contributed by atoms with Crippen LogP contribution >= 0.6 is 33.9 Å². The second kappa shape index (κ2) is 11.3. The molecule has 0 bridgehead atoms. The highest BCUT2D eigenvalue weighted by atomic mass is 35.7. The van der Waals surface area contributed by atoms with E-state index in [1.807, 2.05) is 0 Å². The topological polar surface area (TPSA) is 90.0 Å². The molecule has 34 heavy (non-hydrogen) atoms. The summed E-state index contributed by atoms with van der Waals surface area (Å²) >= 11 is 12.3. The van der Waals surface area contributed by atoms with E-state index in [0.29, 0.717) is 27.6 Å². The minimum absolute atomic E-state index is 0.301. The summed E-state index contributed by atoms with van der Waals surface area (Å²) in [5, 5.41) is 0.955. The van der Waals surface area contributed by atoms with Crippen LogP contribution in [0, 0.1) is 0 Å². The highest BCUT2D eigenvalue weighted by Crippen LogP contribution is 2.44. The van der Waals surface area contributed by atoms with Crippen LogP contribution in [0.5, 0.6) is 0 Å². The Kier molecular flexibility index (Phi) is 8.87. The van der Waals surface area contributed by atoms with Crippen LogP contribution in [0.4, 0.5) is 0 Å². The first kappa shape index (κ1) is 26.8. The first-order valence-corrected chi connectivity index (χ1v) is 13.7. The number of nitrogens with zero attached hydrogens (tertiary/aromatic N) is 1. The van der Waals surface area contributed by atoms with Gasteiger partial charge in [0.15, 0.2) is 0 Å². The molecule has 11 heteroatoms. The Morgan fingerprint density at radius 3 is 2.35 bits per heavy atom. The molecule has 2 aromatic carbocycles. The Bertz CT molecular complexity index is 1140. The third kappa shape index (κ3) is 6.43. The van der Waals surface area contributed by atoms with Crippen LogP contribution in [-0.4, -0.2) is 50.2 Å². The van der Waals surface area contributed by atoms with Gasteiger partial charge in [0.25, 0.3) is 5.91 Å². The minimum Gasteiger partial charge on any atom is -0.469 e. The molecule has 7 nitrogen and oxygen atoms in total. The largest absolute Gasteiger partial charge is 0.469 e. The molecule has 4 atom stereocenters. The predicted molar refractivity (Wildman–Crippen MR) is 130 cm³/mol. The Hall–Kier alpha value is -1.84. The molecular weight excluding hydrogens is 525 g/mol. The molecule has 0 spiro atoms. The third-order valence-electron chi connectivity index (χ3n) is 5.65. The summed E-state index contributed by atoms with van der Waals surface area (Å²) in [6, 6.07) is 12.3. The third-order valence-corrected chi connectivity index (χ3v) is 7.30. The standard InChI is InChI=1S/C23H24Cl3NO6S/c1-3-18(13-34(26,30)31)27-21(14-7-9-16(24)10-8-14)22(15-5-4-6-17(25)11-15)33-19(23(27)29)12-20(28)32-2/h4-11,18-19,21-22H,3,12-13H2,1-2H3/t18?,19-,21?,22-/m1/s1. The average Bonchev–Trinajstić information content (AvgIpc) is 2.78. The molecule has 0 aromatic heterocycles. The minimum atomic E-state index is -3.95. The van der Waals surface area contributed by atoms with Gasteiger partial charge in [0, 0.05) is 26.8 Å². The molecule has 2 aromatic rings. The number of carbonyl (C=O) groups is 2. The molecule has 0 saturated carbocycles. The number of ether oxygens (including phenoxy) is 2. The van der Waals surface area contributed by atoms with Gasteiger partial charge in [-0.1, -0.05) is 54.4 Å². The normalized spacial score (nSPS) is 21.9. The van der Waals surface area contributed by atoms with E-state index in [4.69, 9.17) is 43.4 Å². The number of methoxy groups -OCH3 is 1. The highest BCUT2D eigenvalue weighted by Gasteiger charge is 2.47. The van der Waals surface area contributed by atoms with Gasteiger partial charge in [0.2, 0.25) is 9.05 Å².